The van der Waals surface area contributed by atoms with Gasteiger partial charge in [0.1, 0.15) is 0 Å². The van der Waals surface area contributed by atoms with Gasteiger partial charge in [-0.1, -0.05) is 12.1 Å². The second-order valence-corrected chi connectivity index (χ2v) is 4.06. The molecule has 1 aromatic carbocycles. The second kappa shape index (κ2) is 3.42. The summed E-state index contributed by atoms with van der Waals surface area (Å²) in [6, 6.07) is 5.80. The monoisotopic (exact) mass is 206 g/mol. The second-order valence-electron chi connectivity index (χ2n) is 3.32. The molecule has 0 saturated heterocycles. The Bertz CT molecular complexity index is 473. The first-order valence-corrected chi connectivity index (χ1v) is 5.31. The van der Waals surface area contributed by atoms with Gasteiger partial charge < -0.3 is 5.11 Å². The number of carboxylic acid groups (broad SMARTS) is 1. The molecule has 0 aliphatic rings. The summed E-state index contributed by atoms with van der Waals surface area (Å²) < 4.78 is 0. The van der Waals surface area contributed by atoms with Gasteiger partial charge in [-0.2, -0.15) is 11.3 Å². The number of hydrogen-bond acceptors (Lipinski definition) is 2. The molecule has 1 unspecified atom stereocenters. The Morgan fingerprint density at radius 1 is 1.36 bits per heavy atom. The zero-order valence-corrected chi connectivity index (χ0v) is 8.54. The Kier molecular flexibility index (Phi) is 2.25. The lowest BCUT2D eigenvalue weighted by molar-refractivity contribution is -0.138. The van der Waals surface area contributed by atoms with E-state index in [2.05, 4.69) is 5.38 Å². The van der Waals surface area contributed by atoms with Crippen molar-refractivity contribution in [2.45, 2.75) is 12.8 Å². The minimum atomic E-state index is -0.778. The quantitative estimate of drug-likeness (QED) is 0.819. The highest BCUT2D eigenvalue weighted by Crippen LogP contribution is 2.24. The highest BCUT2D eigenvalue weighted by molar-refractivity contribution is 7.09. The van der Waals surface area contributed by atoms with E-state index in [4.69, 9.17) is 5.11 Å². The summed E-state index contributed by atoms with van der Waals surface area (Å²) in [5.74, 6) is -1.21. The van der Waals surface area contributed by atoms with E-state index in [9.17, 15) is 4.79 Å². The van der Waals surface area contributed by atoms with E-state index in [1.54, 1.807) is 18.3 Å². The standard InChI is InChI=1S/C11H10O2S/c1-7(11(12)13)8-2-3-9-5-14-6-10(9)4-8/h2-7H,1H3,(H,12,13). The van der Waals surface area contributed by atoms with Gasteiger partial charge in [-0.25, -0.2) is 0 Å². The van der Waals surface area contributed by atoms with E-state index >= 15 is 0 Å². The Balaban J connectivity index is 2.48. The van der Waals surface area contributed by atoms with E-state index < -0.39 is 11.9 Å². The van der Waals surface area contributed by atoms with Crippen molar-refractivity contribution in [1.82, 2.24) is 0 Å². The minimum absolute atomic E-state index is 0.431. The SMILES string of the molecule is CC(C(=O)O)c1ccc2cscc2c1. The maximum Gasteiger partial charge on any atom is 0.310 e. The third-order valence-corrected chi connectivity index (χ3v) is 3.15. The third-order valence-electron chi connectivity index (χ3n) is 2.37. The molecular weight excluding hydrogens is 196 g/mol. The molecule has 0 bridgehead atoms. The van der Waals surface area contributed by atoms with Crippen molar-refractivity contribution in [2.24, 2.45) is 0 Å². The van der Waals surface area contributed by atoms with Gasteiger partial charge in [0.05, 0.1) is 5.92 Å². The molecule has 1 atom stereocenters. The average molecular weight is 206 g/mol. The largest absolute Gasteiger partial charge is 0.481 e. The summed E-state index contributed by atoms with van der Waals surface area (Å²) in [5, 5.41) is 15.3. The number of carboxylic acids is 1. The molecule has 0 radical (unpaired) electrons. The van der Waals surface area contributed by atoms with E-state index in [0.29, 0.717) is 0 Å². The smallest absolute Gasteiger partial charge is 0.310 e. The van der Waals surface area contributed by atoms with Crippen LogP contribution < -0.4 is 0 Å². The molecule has 72 valence electrons. The van der Waals surface area contributed by atoms with Crippen molar-refractivity contribution in [1.29, 1.82) is 0 Å². The van der Waals surface area contributed by atoms with Gasteiger partial charge >= 0.3 is 5.97 Å². The van der Waals surface area contributed by atoms with Crippen molar-refractivity contribution in [3.8, 4) is 0 Å². The van der Waals surface area contributed by atoms with Crippen molar-refractivity contribution in [2.75, 3.05) is 0 Å². The first kappa shape index (κ1) is 9.21. The summed E-state index contributed by atoms with van der Waals surface area (Å²) in [5.41, 5.74) is 0.864. The topological polar surface area (TPSA) is 37.3 Å². The van der Waals surface area contributed by atoms with Crippen LogP contribution in [0.25, 0.3) is 10.8 Å². The number of fused-ring (bicyclic) bond motifs is 1. The van der Waals surface area contributed by atoms with Crippen LogP contribution in [-0.2, 0) is 4.79 Å². The molecule has 0 fully saturated rings. The zero-order chi connectivity index (χ0) is 10.1. The number of hydrogen-bond donors (Lipinski definition) is 1. The molecule has 0 aliphatic heterocycles. The average Bonchev–Trinajstić information content (AvgIpc) is 2.62. The normalized spacial score (nSPS) is 12.9. The molecule has 0 aliphatic carbocycles. The highest BCUT2D eigenvalue weighted by Gasteiger charge is 2.13. The van der Waals surface area contributed by atoms with Crippen LogP contribution in [0.5, 0.6) is 0 Å². The summed E-state index contributed by atoms with van der Waals surface area (Å²) in [6.45, 7) is 1.70. The van der Waals surface area contributed by atoms with Gasteiger partial charge in [-0.15, -0.1) is 0 Å². The summed E-state index contributed by atoms with van der Waals surface area (Å²) in [6.07, 6.45) is 0. The minimum Gasteiger partial charge on any atom is -0.481 e. The highest BCUT2D eigenvalue weighted by atomic mass is 32.1. The molecule has 1 heterocycles. The lowest BCUT2D eigenvalue weighted by Crippen LogP contribution is -2.06. The number of benzene rings is 1. The van der Waals surface area contributed by atoms with Crippen LogP contribution in [0, 0.1) is 0 Å². The fourth-order valence-corrected chi connectivity index (χ4v) is 2.18. The van der Waals surface area contributed by atoms with E-state index in [0.717, 1.165) is 10.9 Å². The number of rotatable bonds is 2. The van der Waals surface area contributed by atoms with Gasteiger partial charge in [0, 0.05) is 0 Å². The molecule has 2 rings (SSSR count). The van der Waals surface area contributed by atoms with Gasteiger partial charge in [0.25, 0.3) is 0 Å². The number of carbonyl (C=O) groups is 1. The summed E-state index contributed by atoms with van der Waals surface area (Å²) >= 11 is 1.63. The van der Waals surface area contributed by atoms with Gasteiger partial charge in [-0.05, 0) is 40.1 Å². The van der Waals surface area contributed by atoms with Crippen LogP contribution in [0.2, 0.25) is 0 Å². The fraction of sp³-hybridized carbons (Fsp3) is 0.182. The van der Waals surface area contributed by atoms with E-state index in [1.807, 2.05) is 23.6 Å². The molecule has 0 amide bonds. The molecule has 1 N–H and O–H groups in total. The fourth-order valence-electron chi connectivity index (χ4n) is 1.40. The molecule has 1 aromatic heterocycles. The maximum atomic E-state index is 10.8. The van der Waals surface area contributed by atoms with E-state index in [-0.39, 0.29) is 0 Å². The predicted octanol–water partition coefficient (Wildman–Crippen LogP) is 3.09. The molecule has 14 heavy (non-hydrogen) atoms. The molecule has 3 heteroatoms. The van der Waals surface area contributed by atoms with Gasteiger partial charge in [0.15, 0.2) is 0 Å². The first-order valence-electron chi connectivity index (χ1n) is 4.37. The predicted molar refractivity (Wildman–Crippen MR) is 57.9 cm³/mol. The van der Waals surface area contributed by atoms with Crippen LogP contribution in [0.4, 0.5) is 0 Å². The number of thiophene rings is 1. The Morgan fingerprint density at radius 2 is 2.07 bits per heavy atom. The van der Waals surface area contributed by atoms with Gasteiger partial charge in [0.2, 0.25) is 0 Å². The first-order chi connectivity index (χ1) is 6.68. The lowest BCUT2D eigenvalue weighted by atomic mass is 10.00. The Morgan fingerprint density at radius 3 is 2.79 bits per heavy atom. The maximum absolute atomic E-state index is 10.8. The van der Waals surface area contributed by atoms with Crippen molar-refractivity contribution >= 4 is 28.1 Å². The van der Waals surface area contributed by atoms with Crippen molar-refractivity contribution in [3.63, 3.8) is 0 Å². The van der Waals surface area contributed by atoms with Crippen LogP contribution in [-0.4, -0.2) is 11.1 Å². The Labute approximate surface area is 85.8 Å². The van der Waals surface area contributed by atoms with Crippen molar-refractivity contribution < 1.29 is 9.90 Å². The Hall–Kier alpha value is -1.35. The lowest BCUT2D eigenvalue weighted by Gasteiger charge is -2.05. The van der Waals surface area contributed by atoms with Crippen LogP contribution in [0.15, 0.2) is 29.0 Å². The van der Waals surface area contributed by atoms with Crippen LogP contribution >= 0.6 is 11.3 Å². The molecule has 0 saturated carbocycles. The molecule has 2 aromatic rings. The molecular formula is C11H10O2S. The molecule has 0 spiro atoms. The zero-order valence-electron chi connectivity index (χ0n) is 7.73. The molecule has 2 nitrogen and oxygen atoms in total. The van der Waals surface area contributed by atoms with Gasteiger partial charge in [-0.3, -0.25) is 4.79 Å². The number of aliphatic carboxylic acids is 1. The van der Waals surface area contributed by atoms with E-state index in [1.165, 1.54) is 5.39 Å². The third kappa shape index (κ3) is 1.51. The van der Waals surface area contributed by atoms with Crippen LogP contribution in [0.1, 0.15) is 18.4 Å². The van der Waals surface area contributed by atoms with Crippen LogP contribution in [0.3, 0.4) is 0 Å². The summed E-state index contributed by atoms with van der Waals surface area (Å²) in [7, 11) is 0. The van der Waals surface area contributed by atoms with Crippen molar-refractivity contribution in [3.05, 3.63) is 34.5 Å². The summed E-state index contributed by atoms with van der Waals surface area (Å²) in [4.78, 5) is 10.8.